The molecule has 1 aromatic carbocycles. The average molecular weight is 304 g/mol. The van der Waals surface area contributed by atoms with Crippen LogP contribution in [0.4, 0.5) is 23.7 Å². The summed E-state index contributed by atoms with van der Waals surface area (Å²) in [5.41, 5.74) is 1.06. The second-order valence-electron chi connectivity index (χ2n) is 4.82. The summed E-state index contributed by atoms with van der Waals surface area (Å²) in [6, 6.07) is 5.64. The maximum Gasteiger partial charge on any atom is 0.389 e. The Morgan fingerprint density at radius 2 is 1.90 bits per heavy atom. The first-order chi connectivity index (χ1) is 9.80. The number of benzene rings is 1. The number of aliphatic hydroxyl groups excluding tert-OH is 1. The van der Waals surface area contributed by atoms with Crippen molar-refractivity contribution in [2.75, 3.05) is 11.9 Å². The van der Waals surface area contributed by atoms with Crippen molar-refractivity contribution in [2.45, 2.75) is 38.4 Å². The first kappa shape index (κ1) is 17.3. The third kappa shape index (κ3) is 7.55. The van der Waals surface area contributed by atoms with Gasteiger partial charge in [-0.1, -0.05) is 12.1 Å². The molecule has 0 saturated heterocycles. The van der Waals surface area contributed by atoms with Crippen molar-refractivity contribution in [2.24, 2.45) is 0 Å². The number of halogens is 3. The van der Waals surface area contributed by atoms with Gasteiger partial charge in [-0.05, 0) is 37.5 Å². The molecule has 0 fully saturated rings. The fraction of sp³-hybridized carbons (Fsp3) is 0.500. The number of hydrogen-bond donors (Lipinski definition) is 3. The Hall–Kier alpha value is -1.76. The number of nitrogens with one attached hydrogen (secondary N) is 2. The molecule has 21 heavy (non-hydrogen) atoms. The summed E-state index contributed by atoms with van der Waals surface area (Å²) in [4.78, 5) is 11.6. The molecule has 0 aliphatic rings. The molecule has 2 amide bonds. The highest BCUT2D eigenvalue weighted by Gasteiger charge is 2.26. The molecule has 3 N–H and O–H groups in total. The Balaban J connectivity index is 2.45. The Morgan fingerprint density at radius 1 is 1.29 bits per heavy atom. The van der Waals surface area contributed by atoms with Crippen LogP contribution in [0.3, 0.4) is 0 Å². The first-order valence-corrected chi connectivity index (χ1v) is 6.64. The number of aryl methyl sites for hydroxylation is 1. The molecule has 0 heterocycles. The SMILES string of the molecule is C[C@H](CCO)NC(=O)Nc1ccc(CCC(F)(F)F)cc1. The standard InChI is InChI=1S/C14H19F3N2O2/c1-10(7-9-20)18-13(21)19-12-4-2-11(3-5-12)6-8-14(15,16)17/h2-5,10,20H,6-9H2,1H3,(H2,18,19,21)/t10-/m1/s1. The molecule has 0 aliphatic heterocycles. The summed E-state index contributed by atoms with van der Waals surface area (Å²) in [6.07, 6.45) is -4.66. The Kier molecular flexibility index (Phi) is 6.48. The van der Waals surface area contributed by atoms with Gasteiger partial charge in [0.25, 0.3) is 0 Å². The van der Waals surface area contributed by atoms with Crippen LogP contribution in [0.5, 0.6) is 0 Å². The maximum absolute atomic E-state index is 12.1. The Morgan fingerprint density at radius 3 is 2.43 bits per heavy atom. The molecule has 1 rings (SSSR count). The number of aliphatic hydroxyl groups is 1. The van der Waals surface area contributed by atoms with E-state index in [2.05, 4.69) is 10.6 Å². The Bertz CT molecular complexity index is 447. The molecule has 0 spiro atoms. The van der Waals surface area contributed by atoms with Crippen molar-refractivity contribution >= 4 is 11.7 Å². The molecule has 0 radical (unpaired) electrons. The zero-order valence-electron chi connectivity index (χ0n) is 11.7. The van der Waals surface area contributed by atoms with Crippen LogP contribution in [0.15, 0.2) is 24.3 Å². The third-order valence-electron chi connectivity index (χ3n) is 2.85. The van der Waals surface area contributed by atoms with Crippen LogP contribution >= 0.6 is 0 Å². The molecule has 0 bridgehead atoms. The van der Waals surface area contributed by atoms with Crippen molar-refractivity contribution in [1.82, 2.24) is 5.32 Å². The van der Waals surface area contributed by atoms with Gasteiger partial charge in [0, 0.05) is 24.8 Å². The van der Waals surface area contributed by atoms with E-state index in [0.29, 0.717) is 17.7 Å². The summed E-state index contributed by atoms with van der Waals surface area (Å²) >= 11 is 0. The molecule has 0 aliphatic carbocycles. The van der Waals surface area contributed by atoms with E-state index in [9.17, 15) is 18.0 Å². The summed E-state index contributed by atoms with van der Waals surface area (Å²) in [6.45, 7) is 1.74. The van der Waals surface area contributed by atoms with Crippen LogP contribution < -0.4 is 10.6 Å². The fourth-order valence-corrected chi connectivity index (χ4v) is 1.70. The third-order valence-corrected chi connectivity index (χ3v) is 2.85. The van der Waals surface area contributed by atoms with E-state index in [1.54, 1.807) is 31.2 Å². The highest BCUT2D eigenvalue weighted by atomic mass is 19.4. The lowest BCUT2D eigenvalue weighted by Gasteiger charge is -2.13. The highest BCUT2D eigenvalue weighted by Crippen LogP contribution is 2.22. The van der Waals surface area contributed by atoms with E-state index in [1.807, 2.05) is 0 Å². The summed E-state index contributed by atoms with van der Waals surface area (Å²) in [7, 11) is 0. The van der Waals surface area contributed by atoms with E-state index in [1.165, 1.54) is 0 Å². The number of amides is 2. The quantitative estimate of drug-likeness (QED) is 0.756. The van der Waals surface area contributed by atoms with Gasteiger partial charge in [0.2, 0.25) is 0 Å². The number of urea groups is 1. The maximum atomic E-state index is 12.1. The van der Waals surface area contributed by atoms with Gasteiger partial charge in [-0.15, -0.1) is 0 Å². The zero-order chi connectivity index (χ0) is 15.9. The molecule has 1 aromatic rings. The van der Waals surface area contributed by atoms with Gasteiger partial charge < -0.3 is 15.7 Å². The summed E-state index contributed by atoms with van der Waals surface area (Å²) in [5.74, 6) is 0. The molecule has 0 unspecified atom stereocenters. The molecule has 0 saturated carbocycles. The monoisotopic (exact) mass is 304 g/mol. The lowest BCUT2D eigenvalue weighted by Crippen LogP contribution is -2.36. The summed E-state index contributed by atoms with van der Waals surface area (Å²) < 4.78 is 36.3. The number of carbonyl (C=O) groups excluding carboxylic acids is 1. The minimum absolute atomic E-state index is 0.0185. The minimum Gasteiger partial charge on any atom is -0.396 e. The predicted molar refractivity (Wildman–Crippen MR) is 74.1 cm³/mol. The van der Waals surface area contributed by atoms with Crippen LogP contribution in [0.1, 0.15) is 25.3 Å². The van der Waals surface area contributed by atoms with Gasteiger partial charge in [0.05, 0.1) is 0 Å². The van der Waals surface area contributed by atoms with Gasteiger partial charge in [-0.25, -0.2) is 4.79 Å². The first-order valence-electron chi connectivity index (χ1n) is 6.64. The van der Waals surface area contributed by atoms with Crippen LogP contribution in [0, 0.1) is 0 Å². The van der Waals surface area contributed by atoms with Crippen molar-refractivity contribution in [3.63, 3.8) is 0 Å². The molecular formula is C14H19F3N2O2. The molecule has 4 nitrogen and oxygen atoms in total. The van der Waals surface area contributed by atoms with Crippen LogP contribution in [-0.4, -0.2) is 30.0 Å². The number of alkyl halides is 3. The van der Waals surface area contributed by atoms with E-state index in [-0.39, 0.29) is 19.1 Å². The number of anilines is 1. The minimum atomic E-state index is -4.17. The second kappa shape index (κ2) is 7.87. The predicted octanol–water partition coefficient (Wildman–Crippen LogP) is 3.07. The van der Waals surface area contributed by atoms with Crippen LogP contribution in [0.25, 0.3) is 0 Å². The molecule has 7 heteroatoms. The van der Waals surface area contributed by atoms with E-state index < -0.39 is 18.6 Å². The number of carbonyl (C=O) groups is 1. The lowest BCUT2D eigenvalue weighted by atomic mass is 10.1. The van der Waals surface area contributed by atoms with E-state index in [4.69, 9.17) is 5.11 Å². The van der Waals surface area contributed by atoms with Crippen molar-refractivity contribution < 1.29 is 23.1 Å². The van der Waals surface area contributed by atoms with Crippen molar-refractivity contribution in [3.05, 3.63) is 29.8 Å². The van der Waals surface area contributed by atoms with Crippen LogP contribution in [0.2, 0.25) is 0 Å². The Labute approximate surface area is 121 Å². The lowest BCUT2D eigenvalue weighted by molar-refractivity contribution is -0.133. The van der Waals surface area contributed by atoms with E-state index >= 15 is 0 Å². The highest BCUT2D eigenvalue weighted by molar-refractivity contribution is 5.89. The van der Waals surface area contributed by atoms with Gasteiger partial charge in [0.15, 0.2) is 0 Å². The second-order valence-corrected chi connectivity index (χ2v) is 4.82. The molecular weight excluding hydrogens is 285 g/mol. The summed E-state index contributed by atoms with van der Waals surface area (Å²) in [5, 5.41) is 13.9. The van der Waals surface area contributed by atoms with E-state index in [0.717, 1.165) is 0 Å². The molecule has 1 atom stereocenters. The number of hydrogen-bond acceptors (Lipinski definition) is 2. The van der Waals surface area contributed by atoms with Gasteiger partial charge >= 0.3 is 12.2 Å². The average Bonchev–Trinajstić information content (AvgIpc) is 2.37. The van der Waals surface area contributed by atoms with Crippen molar-refractivity contribution in [1.29, 1.82) is 0 Å². The van der Waals surface area contributed by atoms with Crippen LogP contribution in [-0.2, 0) is 6.42 Å². The van der Waals surface area contributed by atoms with Crippen molar-refractivity contribution in [3.8, 4) is 0 Å². The normalized spacial score (nSPS) is 12.8. The topological polar surface area (TPSA) is 61.4 Å². The van der Waals surface area contributed by atoms with Gasteiger partial charge in [0.1, 0.15) is 0 Å². The smallest absolute Gasteiger partial charge is 0.389 e. The molecule has 0 aromatic heterocycles. The largest absolute Gasteiger partial charge is 0.396 e. The van der Waals surface area contributed by atoms with Gasteiger partial charge in [-0.2, -0.15) is 13.2 Å². The number of rotatable bonds is 6. The fourth-order valence-electron chi connectivity index (χ4n) is 1.70. The zero-order valence-corrected chi connectivity index (χ0v) is 11.7. The van der Waals surface area contributed by atoms with Gasteiger partial charge in [-0.3, -0.25) is 0 Å². The molecule has 118 valence electrons.